The van der Waals surface area contributed by atoms with Gasteiger partial charge in [0.2, 0.25) is 0 Å². The van der Waals surface area contributed by atoms with Crippen molar-refractivity contribution in [3.05, 3.63) is 46.8 Å². The van der Waals surface area contributed by atoms with Crippen molar-refractivity contribution >= 4 is 11.9 Å². The number of benzene rings is 1. The lowest BCUT2D eigenvalue weighted by atomic mass is 9.92. The summed E-state index contributed by atoms with van der Waals surface area (Å²) in [5.74, 6) is -0.465. The Kier molecular flexibility index (Phi) is 6.33. The summed E-state index contributed by atoms with van der Waals surface area (Å²) in [6.45, 7) is 6.01. The molecule has 0 bridgehead atoms. The summed E-state index contributed by atoms with van der Waals surface area (Å²) in [5, 5.41) is 0. The van der Waals surface area contributed by atoms with E-state index in [4.69, 9.17) is 14.2 Å². The number of methoxy groups -OCH3 is 2. The zero-order valence-corrected chi connectivity index (χ0v) is 15.7. The van der Waals surface area contributed by atoms with Gasteiger partial charge in [-0.2, -0.15) is 0 Å². The molecule has 0 unspecified atom stereocenters. The molecule has 0 amide bonds. The maximum atomic E-state index is 12.4. The number of esters is 2. The molecular weight excluding hydrogens is 334 g/mol. The highest BCUT2D eigenvalue weighted by atomic mass is 16.5. The van der Waals surface area contributed by atoms with E-state index in [1.807, 2.05) is 25.1 Å². The monoisotopic (exact) mass is 357 g/mol. The number of aromatic nitrogens is 1. The first-order valence-electron chi connectivity index (χ1n) is 8.35. The third-order valence-corrected chi connectivity index (χ3v) is 3.93. The predicted molar refractivity (Wildman–Crippen MR) is 97.6 cm³/mol. The van der Waals surface area contributed by atoms with E-state index in [1.165, 1.54) is 14.2 Å². The molecule has 26 heavy (non-hydrogen) atoms. The van der Waals surface area contributed by atoms with Gasteiger partial charge in [0, 0.05) is 5.56 Å². The van der Waals surface area contributed by atoms with Crippen molar-refractivity contribution in [2.75, 3.05) is 20.8 Å². The second-order valence-corrected chi connectivity index (χ2v) is 5.77. The Labute approximate surface area is 153 Å². The van der Waals surface area contributed by atoms with Crippen molar-refractivity contribution in [2.45, 2.75) is 27.2 Å². The van der Waals surface area contributed by atoms with Crippen LogP contribution in [0.2, 0.25) is 0 Å². The molecule has 0 saturated carbocycles. The predicted octanol–water partition coefficient (Wildman–Crippen LogP) is 3.73. The summed E-state index contributed by atoms with van der Waals surface area (Å²) < 4.78 is 15.5. The summed E-state index contributed by atoms with van der Waals surface area (Å²) in [7, 11) is 2.59. The van der Waals surface area contributed by atoms with E-state index < -0.39 is 11.9 Å². The van der Waals surface area contributed by atoms with E-state index in [2.05, 4.69) is 4.98 Å². The highest BCUT2D eigenvalue weighted by Crippen LogP contribution is 2.34. The molecule has 0 radical (unpaired) electrons. The molecule has 0 N–H and O–H groups in total. The SMILES string of the molecule is CCCOc1cccc(-c2c(C(=O)OC)c(C)nc(C)c2C(=O)OC)c1. The molecule has 0 atom stereocenters. The first-order valence-corrected chi connectivity index (χ1v) is 8.35. The fourth-order valence-corrected chi connectivity index (χ4v) is 2.80. The molecule has 0 saturated heterocycles. The molecule has 1 heterocycles. The minimum atomic E-state index is -0.560. The van der Waals surface area contributed by atoms with Crippen LogP contribution in [0.1, 0.15) is 45.4 Å². The standard InChI is InChI=1S/C20H23NO5/c1-6-10-26-15-9-7-8-14(11-15)18-16(19(22)24-4)12(2)21-13(3)17(18)20(23)25-5/h7-9,11H,6,10H2,1-5H3. The van der Waals surface area contributed by atoms with Crippen molar-refractivity contribution < 1.29 is 23.8 Å². The average Bonchev–Trinajstić information content (AvgIpc) is 2.64. The fourth-order valence-electron chi connectivity index (χ4n) is 2.80. The minimum Gasteiger partial charge on any atom is -0.494 e. The first kappa shape index (κ1) is 19.4. The molecule has 0 aliphatic carbocycles. The van der Waals surface area contributed by atoms with Gasteiger partial charge in [-0.05, 0) is 38.0 Å². The normalized spacial score (nSPS) is 10.3. The number of carbonyl (C=O) groups is 2. The Morgan fingerprint density at radius 1 is 1.00 bits per heavy atom. The van der Waals surface area contributed by atoms with Crippen LogP contribution in [0.4, 0.5) is 0 Å². The Balaban J connectivity index is 2.79. The van der Waals surface area contributed by atoms with E-state index in [0.29, 0.717) is 34.9 Å². The fraction of sp³-hybridized carbons (Fsp3) is 0.350. The first-order chi connectivity index (χ1) is 12.4. The van der Waals surface area contributed by atoms with Gasteiger partial charge in [-0.25, -0.2) is 9.59 Å². The maximum Gasteiger partial charge on any atom is 0.340 e. The summed E-state index contributed by atoms with van der Waals surface area (Å²) in [6.07, 6.45) is 0.874. The van der Waals surface area contributed by atoms with Crippen LogP contribution in [0.25, 0.3) is 11.1 Å². The molecular formula is C20H23NO5. The Morgan fingerprint density at radius 2 is 1.58 bits per heavy atom. The van der Waals surface area contributed by atoms with Gasteiger partial charge in [-0.3, -0.25) is 4.98 Å². The van der Waals surface area contributed by atoms with Gasteiger partial charge in [0.25, 0.3) is 0 Å². The summed E-state index contributed by atoms with van der Waals surface area (Å²) in [5.41, 5.74) is 2.55. The third-order valence-electron chi connectivity index (χ3n) is 3.93. The second-order valence-electron chi connectivity index (χ2n) is 5.77. The van der Waals surface area contributed by atoms with Crippen molar-refractivity contribution in [1.29, 1.82) is 0 Å². The molecule has 0 fully saturated rings. The van der Waals surface area contributed by atoms with Gasteiger partial charge in [0.15, 0.2) is 0 Å². The van der Waals surface area contributed by atoms with E-state index in [0.717, 1.165) is 6.42 Å². The minimum absolute atomic E-state index is 0.242. The topological polar surface area (TPSA) is 74.7 Å². The van der Waals surface area contributed by atoms with Crippen LogP contribution in [0, 0.1) is 13.8 Å². The zero-order chi connectivity index (χ0) is 19.3. The van der Waals surface area contributed by atoms with E-state index in [9.17, 15) is 9.59 Å². The number of ether oxygens (including phenoxy) is 3. The van der Waals surface area contributed by atoms with Gasteiger partial charge in [-0.1, -0.05) is 19.1 Å². The smallest absolute Gasteiger partial charge is 0.340 e. The summed E-state index contributed by atoms with van der Waals surface area (Å²) >= 11 is 0. The molecule has 0 aliphatic heterocycles. The highest BCUT2D eigenvalue weighted by molar-refractivity contribution is 6.07. The Hall–Kier alpha value is -2.89. The number of rotatable bonds is 6. The van der Waals surface area contributed by atoms with E-state index >= 15 is 0 Å². The zero-order valence-electron chi connectivity index (χ0n) is 15.7. The number of nitrogens with zero attached hydrogens (tertiary/aromatic N) is 1. The molecule has 6 heteroatoms. The quantitative estimate of drug-likeness (QED) is 0.734. The highest BCUT2D eigenvalue weighted by Gasteiger charge is 2.27. The molecule has 2 rings (SSSR count). The molecule has 0 spiro atoms. The van der Waals surface area contributed by atoms with Gasteiger partial charge in [0.1, 0.15) is 5.75 Å². The third kappa shape index (κ3) is 3.85. The molecule has 1 aromatic carbocycles. The van der Waals surface area contributed by atoms with Gasteiger partial charge in [-0.15, -0.1) is 0 Å². The lowest BCUT2D eigenvalue weighted by Gasteiger charge is -2.17. The van der Waals surface area contributed by atoms with Gasteiger partial charge >= 0.3 is 11.9 Å². The number of hydrogen-bond donors (Lipinski definition) is 0. The van der Waals surface area contributed by atoms with Crippen molar-refractivity contribution in [1.82, 2.24) is 4.98 Å². The molecule has 1 aromatic heterocycles. The lowest BCUT2D eigenvalue weighted by molar-refractivity contribution is 0.0599. The Bertz CT molecular complexity index is 789. The second kappa shape index (κ2) is 8.47. The molecule has 2 aromatic rings. The van der Waals surface area contributed by atoms with Crippen LogP contribution in [-0.4, -0.2) is 37.7 Å². The lowest BCUT2D eigenvalue weighted by Crippen LogP contribution is -2.16. The van der Waals surface area contributed by atoms with Crippen LogP contribution >= 0.6 is 0 Å². The van der Waals surface area contributed by atoms with Crippen LogP contribution < -0.4 is 4.74 Å². The van der Waals surface area contributed by atoms with Crippen molar-refractivity contribution in [3.8, 4) is 16.9 Å². The van der Waals surface area contributed by atoms with Crippen LogP contribution in [0.5, 0.6) is 5.75 Å². The van der Waals surface area contributed by atoms with E-state index in [-0.39, 0.29) is 11.1 Å². The number of hydrogen-bond acceptors (Lipinski definition) is 6. The van der Waals surface area contributed by atoms with Crippen LogP contribution in [0.3, 0.4) is 0 Å². The van der Waals surface area contributed by atoms with Gasteiger partial charge < -0.3 is 14.2 Å². The number of pyridine rings is 1. The maximum absolute atomic E-state index is 12.4. The summed E-state index contributed by atoms with van der Waals surface area (Å²) in [4.78, 5) is 29.2. The average molecular weight is 357 g/mol. The van der Waals surface area contributed by atoms with Crippen molar-refractivity contribution in [2.24, 2.45) is 0 Å². The summed E-state index contributed by atoms with van der Waals surface area (Å²) in [6, 6.07) is 7.25. The largest absolute Gasteiger partial charge is 0.494 e. The van der Waals surface area contributed by atoms with Gasteiger partial charge in [0.05, 0.1) is 43.3 Å². The van der Waals surface area contributed by atoms with E-state index in [1.54, 1.807) is 19.9 Å². The number of aryl methyl sites for hydroxylation is 2. The van der Waals surface area contributed by atoms with Crippen molar-refractivity contribution in [3.63, 3.8) is 0 Å². The number of carbonyl (C=O) groups excluding carboxylic acids is 2. The van der Waals surface area contributed by atoms with Crippen LogP contribution in [0.15, 0.2) is 24.3 Å². The molecule has 138 valence electrons. The Morgan fingerprint density at radius 3 is 2.08 bits per heavy atom. The molecule has 6 nitrogen and oxygen atoms in total. The van der Waals surface area contributed by atoms with Crippen LogP contribution in [-0.2, 0) is 9.47 Å². The molecule has 0 aliphatic rings.